The number of benzene rings is 1. The highest BCUT2D eigenvalue weighted by molar-refractivity contribution is 7.91. The summed E-state index contributed by atoms with van der Waals surface area (Å²) < 4.78 is 36.7. The lowest BCUT2D eigenvalue weighted by Gasteiger charge is -2.26. The van der Waals surface area contributed by atoms with Crippen molar-refractivity contribution in [2.75, 3.05) is 17.6 Å². The molecule has 16 heavy (non-hydrogen) atoms. The summed E-state index contributed by atoms with van der Waals surface area (Å²) in [5.74, 6) is -0.568. The molecule has 1 aromatic carbocycles. The van der Waals surface area contributed by atoms with Gasteiger partial charge in [0.15, 0.2) is 9.84 Å². The van der Waals surface area contributed by atoms with Crippen LogP contribution in [0.2, 0.25) is 0 Å². The average Bonchev–Trinajstić information content (AvgIpc) is 2.19. The second-order valence-electron chi connectivity index (χ2n) is 3.84. The summed E-state index contributed by atoms with van der Waals surface area (Å²) in [5, 5.41) is 3.05. The molecule has 1 heterocycles. The van der Waals surface area contributed by atoms with Gasteiger partial charge >= 0.3 is 0 Å². The number of hydrogen-bond acceptors (Lipinski definition) is 4. The third kappa shape index (κ3) is 2.03. The third-order valence-corrected chi connectivity index (χ3v) is 4.42. The van der Waals surface area contributed by atoms with E-state index >= 15 is 0 Å². The number of halogens is 1. The molecule has 88 valence electrons. The fourth-order valence-corrected chi connectivity index (χ4v) is 3.56. The van der Waals surface area contributed by atoms with Crippen LogP contribution < -0.4 is 11.1 Å². The molecule has 1 aliphatic rings. The molecule has 0 saturated carbocycles. The van der Waals surface area contributed by atoms with E-state index in [9.17, 15) is 12.8 Å². The molecule has 1 atom stereocenters. The molecule has 0 fully saturated rings. The summed E-state index contributed by atoms with van der Waals surface area (Å²) in [6, 6.07) is 3.56. The van der Waals surface area contributed by atoms with Crippen molar-refractivity contribution in [1.29, 1.82) is 0 Å². The fraction of sp³-hybridized carbons (Fsp3) is 0.400. The van der Waals surface area contributed by atoms with Gasteiger partial charge in [-0.15, -0.1) is 0 Å². The molecule has 0 bridgehead atoms. The molecule has 3 N–H and O–H groups in total. The first-order valence-electron chi connectivity index (χ1n) is 5.02. The van der Waals surface area contributed by atoms with E-state index in [0.29, 0.717) is 18.7 Å². The van der Waals surface area contributed by atoms with Crippen LogP contribution in [0.1, 0.15) is 6.42 Å². The SMILES string of the molecule is NCCC1CS(=O)(=O)c2cc(F)ccc2N1. The molecule has 0 radical (unpaired) electrons. The molecule has 0 spiro atoms. The van der Waals surface area contributed by atoms with Crippen molar-refractivity contribution < 1.29 is 12.8 Å². The number of rotatable bonds is 2. The van der Waals surface area contributed by atoms with Gasteiger partial charge in [0, 0.05) is 6.04 Å². The van der Waals surface area contributed by atoms with E-state index in [1.54, 1.807) is 0 Å². The molecule has 0 aromatic heterocycles. The number of fused-ring (bicyclic) bond motifs is 1. The Labute approximate surface area is 93.6 Å². The highest BCUT2D eigenvalue weighted by atomic mass is 32.2. The molecule has 6 heteroatoms. The lowest BCUT2D eigenvalue weighted by atomic mass is 10.2. The van der Waals surface area contributed by atoms with E-state index in [1.165, 1.54) is 12.1 Å². The zero-order chi connectivity index (χ0) is 11.8. The Morgan fingerprint density at radius 2 is 2.25 bits per heavy atom. The number of sulfone groups is 1. The Morgan fingerprint density at radius 3 is 2.94 bits per heavy atom. The number of nitrogens with one attached hydrogen (secondary N) is 1. The van der Waals surface area contributed by atoms with E-state index in [2.05, 4.69) is 5.32 Å². The molecule has 0 amide bonds. The standard InChI is InChI=1S/C10H13FN2O2S/c11-7-1-2-9-10(5-7)16(14,15)6-8(13-9)3-4-12/h1-2,5,8,13H,3-4,6,12H2. The smallest absolute Gasteiger partial charge is 0.182 e. The van der Waals surface area contributed by atoms with E-state index in [4.69, 9.17) is 5.73 Å². The molecule has 0 saturated heterocycles. The first kappa shape index (κ1) is 11.3. The normalized spacial score (nSPS) is 22.2. The van der Waals surface area contributed by atoms with Gasteiger partial charge in [-0.2, -0.15) is 0 Å². The summed E-state index contributed by atoms with van der Waals surface area (Å²) in [7, 11) is -3.39. The van der Waals surface area contributed by atoms with E-state index in [1.807, 2.05) is 0 Å². The quantitative estimate of drug-likeness (QED) is 0.805. The summed E-state index contributed by atoms with van der Waals surface area (Å²) in [4.78, 5) is 0.0424. The molecule has 2 rings (SSSR count). The molecule has 1 aliphatic heterocycles. The van der Waals surface area contributed by atoms with Gasteiger partial charge in [-0.1, -0.05) is 0 Å². The zero-order valence-electron chi connectivity index (χ0n) is 8.61. The van der Waals surface area contributed by atoms with Crippen molar-refractivity contribution in [2.45, 2.75) is 17.4 Å². The van der Waals surface area contributed by atoms with Gasteiger partial charge in [0.05, 0.1) is 16.3 Å². The summed E-state index contributed by atoms with van der Waals surface area (Å²) in [6.45, 7) is 0.420. The van der Waals surface area contributed by atoms with Crippen LogP contribution in [-0.2, 0) is 9.84 Å². The number of hydrogen-bond donors (Lipinski definition) is 2. The van der Waals surface area contributed by atoms with Crippen LogP contribution in [-0.4, -0.2) is 26.8 Å². The highest BCUT2D eigenvalue weighted by Gasteiger charge is 2.29. The molecule has 4 nitrogen and oxygen atoms in total. The predicted octanol–water partition coefficient (Wildman–Crippen LogP) is 0.742. The third-order valence-electron chi connectivity index (χ3n) is 2.57. The maximum absolute atomic E-state index is 13.0. The molecular formula is C10H13FN2O2S. The zero-order valence-corrected chi connectivity index (χ0v) is 9.43. The van der Waals surface area contributed by atoms with Crippen LogP contribution in [0.3, 0.4) is 0 Å². The average molecular weight is 244 g/mol. The highest BCUT2D eigenvalue weighted by Crippen LogP contribution is 2.29. The van der Waals surface area contributed by atoms with Crippen LogP contribution >= 0.6 is 0 Å². The summed E-state index contributed by atoms with van der Waals surface area (Å²) in [5.41, 5.74) is 5.86. The lowest BCUT2D eigenvalue weighted by molar-refractivity contribution is 0.576. The van der Waals surface area contributed by atoms with Crippen molar-refractivity contribution in [3.63, 3.8) is 0 Å². The topological polar surface area (TPSA) is 72.2 Å². The van der Waals surface area contributed by atoms with Gasteiger partial charge in [0.25, 0.3) is 0 Å². The Bertz CT molecular complexity index is 502. The van der Waals surface area contributed by atoms with Gasteiger partial charge in [-0.05, 0) is 31.2 Å². The Balaban J connectivity index is 2.44. The van der Waals surface area contributed by atoms with Crippen molar-refractivity contribution >= 4 is 15.5 Å². The van der Waals surface area contributed by atoms with Gasteiger partial charge in [-0.25, -0.2) is 12.8 Å². The van der Waals surface area contributed by atoms with Crippen LogP contribution in [0.4, 0.5) is 10.1 Å². The number of anilines is 1. The summed E-state index contributed by atoms with van der Waals surface area (Å²) >= 11 is 0. The lowest BCUT2D eigenvalue weighted by Crippen LogP contribution is -2.35. The number of nitrogens with two attached hydrogens (primary N) is 1. The minimum atomic E-state index is -3.39. The first-order chi connectivity index (χ1) is 7.53. The van der Waals surface area contributed by atoms with Crippen LogP contribution in [0, 0.1) is 5.82 Å². The largest absolute Gasteiger partial charge is 0.380 e. The molecule has 1 unspecified atom stereocenters. The molecular weight excluding hydrogens is 231 g/mol. The second kappa shape index (κ2) is 4.03. The molecule has 0 aliphatic carbocycles. The predicted molar refractivity (Wildman–Crippen MR) is 59.5 cm³/mol. The fourth-order valence-electron chi connectivity index (χ4n) is 1.85. The Hall–Kier alpha value is -1.14. The van der Waals surface area contributed by atoms with Gasteiger partial charge in [0.2, 0.25) is 0 Å². The van der Waals surface area contributed by atoms with E-state index < -0.39 is 15.7 Å². The van der Waals surface area contributed by atoms with Crippen molar-refractivity contribution in [3.05, 3.63) is 24.0 Å². The second-order valence-corrected chi connectivity index (χ2v) is 5.84. The summed E-state index contributed by atoms with van der Waals surface area (Å²) in [6.07, 6.45) is 0.579. The Morgan fingerprint density at radius 1 is 1.50 bits per heavy atom. The van der Waals surface area contributed by atoms with Crippen LogP contribution in [0.25, 0.3) is 0 Å². The van der Waals surface area contributed by atoms with Gasteiger partial charge in [-0.3, -0.25) is 0 Å². The van der Waals surface area contributed by atoms with Crippen LogP contribution in [0.5, 0.6) is 0 Å². The van der Waals surface area contributed by atoms with Crippen molar-refractivity contribution in [2.24, 2.45) is 5.73 Å². The van der Waals surface area contributed by atoms with Crippen molar-refractivity contribution in [3.8, 4) is 0 Å². The Kier molecular flexibility index (Phi) is 2.86. The van der Waals surface area contributed by atoms with Gasteiger partial charge < -0.3 is 11.1 Å². The van der Waals surface area contributed by atoms with Crippen molar-refractivity contribution in [1.82, 2.24) is 0 Å². The monoisotopic (exact) mass is 244 g/mol. The van der Waals surface area contributed by atoms with E-state index in [0.717, 1.165) is 6.07 Å². The van der Waals surface area contributed by atoms with E-state index in [-0.39, 0.29) is 16.7 Å². The van der Waals surface area contributed by atoms with Crippen LogP contribution in [0.15, 0.2) is 23.1 Å². The van der Waals surface area contributed by atoms with Gasteiger partial charge in [0.1, 0.15) is 5.82 Å². The molecule has 1 aromatic rings. The maximum atomic E-state index is 13.0. The first-order valence-corrected chi connectivity index (χ1v) is 6.67. The minimum absolute atomic E-state index is 0.0271. The maximum Gasteiger partial charge on any atom is 0.182 e. The minimum Gasteiger partial charge on any atom is -0.380 e.